The van der Waals surface area contributed by atoms with Gasteiger partial charge in [-0.05, 0) is 12.5 Å². The van der Waals surface area contributed by atoms with Crippen molar-refractivity contribution in [3.05, 3.63) is 54.0 Å². The maximum atomic E-state index is 10.7. The highest BCUT2D eigenvalue weighted by molar-refractivity contribution is 5.74. The molecular formula is C14H11N3O. The van der Waals surface area contributed by atoms with E-state index in [2.05, 4.69) is 16.1 Å². The SMILES string of the molecule is Cc1cccc(-c2cnc3cc(C=O)nn3c2)c1. The van der Waals surface area contributed by atoms with E-state index >= 15 is 0 Å². The van der Waals surface area contributed by atoms with Crippen LogP contribution in [0.1, 0.15) is 16.1 Å². The number of hydrogen-bond acceptors (Lipinski definition) is 3. The van der Waals surface area contributed by atoms with Gasteiger partial charge >= 0.3 is 0 Å². The lowest BCUT2D eigenvalue weighted by Crippen LogP contribution is -1.92. The van der Waals surface area contributed by atoms with Crippen LogP contribution in [0.15, 0.2) is 42.7 Å². The Morgan fingerprint density at radius 2 is 2.11 bits per heavy atom. The Balaban J connectivity index is 2.15. The van der Waals surface area contributed by atoms with E-state index in [4.69, 9.17) is 0 Å². The normalized spacial score (nSPS) is 10.7. The number of fused-ring (bicyclic) bond motifs is 1. The minimum atomic E-state index is 0.392. The second kappa shape index (κ2) is 4.07. The minimum Gasteiger partial charge on any atom is -0.296 e. The molecule has 0 atom stereocenters. The van der Waals surface area contributed by atoms with Crippen LogP contribution in [0, 0.1) is 6.92 Å². The summed E-state index contributed by atoms with van der Waals surface area (Å²) in [7, 11) is 0. The van der Waals surface area contributed by atoms with Gasteiger partial charge in [0.25, 0.3) is 0 Å². The van der Waals surface area contributed by atoms with Crippen molar-refractivity contribution in [3.8, 4) is 11.1 Å². The average molecular weight is 237 g/mol. The van der Waals surface area contributed by atoms with Gasteiger partial charge in [-0.15, -0.1) is 0 Å². The summed E-state index contributed by atoms with van der Waals surface area (Å²) in [6.45, 7) is 2.05. The van der Waals surface area contributed by atoms with Crippen LogP contribution in [0.3, 0.4) is 0 Å². The molecule has 0 amide bonds. The van der Waals surface area contributed by atoms with Gasteiger partial charge in [-0.1, -0.05) is 29.8 Å². The monoisotopic (exact) mass is 237 g/mol. The van der Waals surface area contributed by atoms with Crippen molar-refractivity contribution in [2.45, 2.75) is 6.92 Å². The van der Waals surface area contributed by atoms with E-state index < -0.39 is 0 Å². The number of nitrogens with zero attached hydrogens (tertiary/aromatic N) is 3. The minimum absolute atomic E-state index is 0.392. The van der Waals surface area contributed by atoms with Gasteiger partial charge < -0.3 is 0 Å². The predicted molar refractivity (Wildman–Crippen MR) is 68.5 cm³/mol. The van der Waals surface area contributed by atoms with Crippen LogP contribution in [-0.2, 0) is 0 Å². The third kappa shape index (κ3) is 1.78. The van der Waals surface area contributed by atoms with Crippen molar-refractivity contribution in [3.63, 3.8) is 0 Å². The molecule has 0 radical (unpaired) electrons. The van der Waals surface area contributed by atoms with Crippen LogP contribution in [-0.4, -0.2) is 20.9 Å². The van der Waals surface area contributed by atoms with Gasteiger partial charge in [-0.25, -0.2) is 9.50 Å². The third-order valence-electron chi connectivity index (χ3n) is 2.80. The Morgan fingerprint density at radius 3 is 2.89 bits per heavy atom. The summed E-state index contributed by atoms with van der Waals surface area (Å²) in [6.07, 6.45) is 4.39. The zero-order valence-electron chi connectivity index (χ0n) is 9.87. The van der Waals surface area contributed by atoms with E-state index in [1.54, 1.807) is 16.8 Å². The van der Waals surface area contributed by atoms with Crippen molar-refractivity contribution in [2.75, 3.05) is 0 Å². The molecular weight excluding hydrogens is 226 g/mol. The molecule has 4 nitrogen and oxygen atoms in total. The van der Waals surface area contributed by atoms with Crippen LogP contribution in [0.5, 0.6) is 0 Å². The number of rotatable bonds is 2. The molecule has 1 aromatic carbocycles. The molecule has 0 spiro atoms. The lowest BCUT2D eigenvalue weighted by atomic mass is 10.1. The quantitative estimate of drug-likeness (QED) is 0.643. The Kier molecular flexibility index (Phi) is 2.41. The first-order valence-electron chi connectivity index (χ1n) is 5.64. The lowest BCUT2D eigenvalue weighted by molar-refractivity contribution is 0.111. The molecule has 0 aliphatic heterocycles. The average Bonchev–Trinajstić information content (AvgIpc) is 2.80. The zero-order chi connectivity index (χ0) is 12.5. The zero-order valence-corrected chi connectivity index (χ0v) is 9.87. The van der Waals surface area contributed by atoms with Crippen LogP contribution < -0.4 is 0 Å². The number of aldehydes is 1. The maximum absolute atomic E-state index is 10.7. The van der Waals surface area contributed by atoms with Crippen molar-refractivity contribution in [1.29, 1.82) is 0 Å². The number of benzene rings is 1. The van der Waals surface area contributed by atoms with Gasteiger partial charge in [0.15, 0.2) is 11.9 Å². The van der Waals surface area contributed by atoms with Crippen molar-refractivity contribution >= 4 is 11.9 Å². The first-order valence-corrected chi connectivity index (χ1v) is 5.64. The summed E-state index contributed by atoms with van der Waals surface area (Å²) >= 11 is 0. The van der Waals surface area contributed by atoms with Crippen LogP contribution in [0.2, 0.25) is 0 Å². The number of hydrogen-bond donors (Lipinski definition) is 0. The highest BCUT2D eigenvalue weighted by atomic mass is 16.1. The summed E-state index contributed by atoms with van der Waals surface area (Å²) in [5, 5.41) is 4.13. The fourth-order valence-electron chi connectivity index (χ4n) is 1.93. The topological polar surface area (TPSA) is 47.3 Å². The molecule has 0 saturated heterocycles. The predicted octanol–water partition coefficient (Wildman–Crippen LogP) is 2.52. The largest absolute Gasteiger partial charge is 0.296 e. The molecule has 0 saturated carbocycles. The fraction of sp³-hybridized carbons (Fsp3) is 0.0714. The summed E-state index contributed by atoms with van der Waals surface area (Å²) in [5.74, 6) is 0. The van der Waals surface area contributed by atoms with Crippen molar-refractivity contribution in [2.24, 2.45) is 0 Å². The number of aryl methyl sites for hydroxylation is 1. The number of carbonyl (C=O) groups excluding carboxylic acids is 1. The first-order chi connectivity index (χ1) is 8.76. The second-order valence-electron chi connectivity index (χ2n) is 4.20. The Labute approximate surface area is 104 Å². The Morgan fingerprint density at radius 1 is 1.22 bits per heavy atom. The second-order valence-corrected chi connectivity index (χ2v) is 4.20. The van der Waals surface area contributed by atoms with E-state index in [0.717, 1.165) is 17.4 Å². The summed E-state index contributed by atoms with van der Waals surface area (Å²) in [5.41, 5.74) is 4.33. The smallest absolute Gasteiger partial charge is 0.170 e. The van der Waals surface area contributed by atoms with E-state index in [9.17, 15) is 4.79 Å². The molecule has 2 heterocycles. The lowest BCUT2D eigenvalue weighted by Gasteiger charge is -2.02. The van der Waals surface area contributed by atoms with Gasteiger partial charge in [0.1, 0.15) is 5.69 Å². The van der Waals surface area contributed by atoms with Crippen LogP contribution >= 0.6 is 0 Å². The molecule has 0 bridgehead atoms. The van der Waals surface area contributed by atoms with E-state index in [0.29, 0.717) is 11.3 Å². The van der Waals surface area contributed by atoms with Crippen LogP contribution in [0.4, 0.5) is 0 Å². The molecule has 3 aromatic rings. The molecule has 0 unspecified atom stereocenters. The third-order valence-corrected chi connectivity index (χ3v) is 2.80. The van der Waals surface area contributed by atoms with E-state index in [1.807, 2.05) is 31.3 Å². The van der Waals surface area contributed by atoms with Gasteiger partial charge in [0.2, 0.25) is 0 Å². The molecule has 88 valence electrons. The summed E-state index contributed by atoms with van der Waals surface area (Å²) < 4.78 is 1.63. The highest BCUT2D eigenvalue weighted by Crippen LogP contribution is 2.19. The van der Waals surface area contributed by atoms with E-state index in [-0.39, 0.29) is 0 Å². The van der Waals surface area contributed by atoms with Crippen molar-refractivity contribution in [1.82, 2.24) is 14.6 Å². The first kappa shape index (κ1) is 10.7. The molecule has 4 heteroatoms. The molecule has 0 aliphatic carbocycles. The molecule has 18 heavy (non-hydrogen) atoms. The molecule has 0 aliphatic rings. The maximum Gasteiger partial charge on any atom is 0.170 e. The number of carbonyl (C=O) groups is 1. The molecule has 0 N–H and O–H groups in total. The molecule has 3 rings (SSSR count). The van der Waals surface area contributed by atoms with Gasteiger partial charge in [0, 0.05) is 24.0 Å². The molecule has 0 fully saturated rings. The molecule has 2 aromatic heterocycles. The highest BCUT2D eigenvalue weighted by Gasteiger charge is 2.04. The van der Waals surface area contributed by atoms with Gasteiger partial charge in [-0.2, -0.15) is 5.10 Å². The Hall–Kier alpha value is -2.49. The van der Waals surface area contributed by atoms with Gasteiger partial charge in [0.05, 0.1) is 0 Å². The standard InChI is InChI=1S/C14H11N3O/c1-10-3-2-4-11(5-10)12-7-15-14-6-13(9-18)16-17(14)8-12/h2-9H,1H3. The van der Waals surface area contributed by atoms with Crippen molar-refractivity contribution < 1.29 is 4.79 Å². The van der Waals surface area contributed by atoms with Crippen LogP contribution in [0.25, 0.3) is 16.8 Å². The van der Waals surface area contributed by atoms with E-state index in [1.165, 1.54) is 5.56 Å². The van der Waals surface area contributed by atoms with Gasteiger partial charge in [-0.3, -0.25) is 4.79 Å². The summed E-state index contributed by atoms with van der Waals surface area (Å²) in [6, 6.07) is 9.84. The fourth-order valence-corrected chi connectivity index (χ4v) is 1.93. The number of aromatic nitrogens is 3. The summed E-state index contributed by atoms with van der Waals surface area (Å²) in [4.78, 5) is 15.0. The Bertz CT molecular complexity index is 731.